The van der Waals surface area contributed by atoms with Crippen LogP contribution in [0.3, 0.4) is 0 Å². The summed E-state index contributed by atoms with van der Waals surface area (Å²) >= 11 is 0. The maximum Gasteiger partial charge on any atom is 0.187 e. The first kappa shape index (κ1) is 27.1. The number of benzene rings is 4. The van der Waals surface area contributed by atoms with Gasteiger partial charge in [-0.1, -0.05) is 109 Å². The molecule has 202 valence electrons. The van der Waals surface area contributed by atoms with Crippen molar-refractivity contribution in [2.24, 2.45) is 0 Å². The van der Waals surface area contributed by atoms with Gasteiger partial charge >= 0.3 is 0 Å². The van der Waals surface area contributed by atoms with Gasteiger partial charge in [0.1, 0.15) is 36.8 Å². The lowest BCUT2D eigenvalue weighted by atomic mass is 9.98. The molecule has 1 N–H and O–H groups in total. The lowest BCUT2D eigenvalue weighted by molar-refractivity contribution is -0.321. The third kappa shape index (κ3) is 7.76. The van der Waals surface area contributed by atoms with Crippen LogP contribution in [0.2, 0.25) is 0 Å². The van der Waals surface area contributed by atoms with Gasteiger partial charge in [-0.3, -0.25) is 0 Å². The smallest absolute Gasteiger partial charge is 0.187 e. The molecule has 1 saturated heterocycles. The van der Waals surface area contributed by atoms with Crippen LogP contribution in [-0.4, -0.2) is 42.4 Å². The summed E-state index contributed by atoms with van der Waals surface area (Å²) < 4.78 is 31.3. The number of rotatable bonds is 12. The second-order valence-corrected chi connectivity index (χ2v) is 9.48. The molecule has 0 aliphatic carbocycles. The fraction of sp³-hybridized carbons (Fsp3) is 0.273. The molecule has 5 rings (SSSR count). The molecule has 1 aliphatic heterocycles. The van der Waals surface area contributed by atoms with Crippen molar-refractivity contribution in [2.75, 3.05) is 6.61 Å². The van der Waals surface area contributed by atoms with Gasteiger partial charge in [-0.05, 0) is 28.8 Å². The SMILES string of the molecule is O[C@@H]1[C@H](OCc2ccccc2)[C@@H](OCc2ccccc2)[C@H](OCc2ccccc2)O[C@@H]1COc1ccccc1. The van der Waals surface area contributed by atoms with E-state index in [1.165, 1.54) is 0 Å². The fourth-order valence-corrected chi connectivity index (χ4v) is 4.51. The van der Waals surface area contributed by atoms with Gasteiger partial charge in [0.2, 0.25) is 0 Å². The third-order valence-corrected chi connectivity index (χ3v) is 6.60. The Morgan fingerprint density at radius 3 is 1.49 bits per heavy atom. The summed E-state index contributed by atoms with van der Waals surface area (Å²) in [6.07, 6.45) is -3.88. The number of aliphatic hydroxyl groups is 1. The van der Waals surface area contributed by atoms with E-state index in [9.17, 15) is 5.11 Å². The van der Waals surface area contributed by atoms with Gasteiger partial charge in [0.05, 0.1) is 19.8 Å². The zero-order chi connectivity index (χ0) is 26.7. The molecule has 1 heterocycles. The normalized spacial score (nSPS) is 22.8. The Morgan fingerprint density at radius 2 is 0.974 bits per heavy atom. The molecule has 0 saturated carbocycles. The average Bonchev–Trinajstić information content (AvgIpc) is 3.00. The van der Waals surface area contributed by atoms with Gasteiger partial charge in [-0.15, -0.1) is 0 Å². The number of aliphatic hydroxyl groups excluding tert-OH is 1. The van der Waals surface area contributed by atoms with Crippen LogP contribution in [0.1, 0.15) is 16.7 Å². The van der Waals surface area contributed by atoms with Crippen molar-refractivity contribution in [1.82, 2.24) is 0 Å². The predicted octanol–water partition coefficient (Wildman–Crippen LogP) is 5.54. The molecule has 6 nitrogen and oxygen atoms in total. The van der Waals surface area contributed by atoms with E-state index in [2.05, 4.69) is 0 Å². The summed E-state index contributed by atoms with van der Waals surface area (Å²) in [5, 5.41) is 11.5. The maximum absolute atomic E-state index is 11.5. The molecule has 4 aromatic carbocycles. The molecule has 6 heteroatoms. The molecular formula is C33H34O6. The van der Waals surface area contributed by atoms with Gasteiger partial charge in [0, 0.05) is 0 Å². The van der Waals surface area contributed by atoms with Crippen molar-refractivity contribution in [3.05, 3.63) is 138 Å². The largest absolute Gasteiger partial charge is 0.491 e. The van der Waals surface area contributed by atoms with E-state index in [-0.39, 0.29) is 6.61 Å². The lowest BCUT2D eigenvalue weighted by Gasteiger charge is -2.44. The standard InChI is InChI=1S/C33H34O6/c34-30-29(24-35-28-19-11-4-12-20-28)39-33(38-23-27-17-9-3-10-18-27)32(37-22-26-15-7-2-8-16-26)31(30)36-21-25-13-5-1-6-14-25/h1-20,29-34H,21-24H2/t29-,30+,31+,32-,33-/m1/s1. The summed E-state index contributed by atoms with van der Waals surface area (Å²) in [5.41, 5.74) is 3.01. The van der Waals surface area contributed by atoms with Crippen LogP contribution in [0, 0.1) is 0 Å². The summed E-state index contributed by atoms with van der Waals surface area (Å²) in [6, 6.07) is 39.1. The first-order valence-corrected chi connectivity index (χ1v) is 13.2. The molecule has 1 fully saturated rings. The Balaban J connectivity index is 1.37. The maximum atomic E-state index is 11.5. The van der Waals surface area contributed by atoms with Crippen molar-refractivity contribution >= 4 is 0 Å². The summed E-state index contributed by atoms with van der Waals surface area (Å²) in [5.74, 6) is 0.694. The van der Waals surface area contributed by atoms with Crippen LogP contribution >= 0.6 is 0 Å². The number of para-hydroxylation sites is 1. The minimum atomic E-state index is -1.00. The van der Waals surface area contributed by atoms with E-state index in [4.69, 9.17) is 23.7 Å². The molecule has 0 amide bonds. The van der Waals surface area contributed by atoms with E-state index < -0.39 is 30.7 Å². The van der Waals surface area contributed by atoms with Gasteiger partial charge in [0.25, 0.3) is 0 Å². The van der Waals surface area contributed by atoms with Crippen LogP contribution in [0.4, 0.5) is 0 Å². The van der Waals surface area contributed by atoms with Gasteiger partial charge < -0.3 is 28.8 Å². The Morgan fingerprint density at radius 1 is 0.538 bits per heavy atom. The van der Waals surface area contributed by atoms with Crippen LogP contribution in [0.25, 0.3) is 0 Å². The first-order valence-electron chi connectivity index (χ1n) is 13.2. The second-order valence-electron chi connectivity index (χ2n) is 9.48. The predicted molar refractivity (Wildman–Crippen MR) is 148 cm³/mol. The molecule has 0 spiro atoms. The molecule has 39 heavy (non-hydrogen) atoms. The van der Waals surface area contributed by atoms with Crippen LogP contribution < -0.4 is 4.74 Å². The van der Waals surface area contributed by atoms with E-state index >= 15 is 0 Å². The van der Waals surface area contributed by atoms with Gasteiger partial charge in [-0.2, -0.15) is 0 Å². The second kappa shape index (κ2) is 14.0. The zero-order valence-corrected chi connectivity index (χ0v) is 21.8. The first-order chi connectivity index (χ1) is 19.3. The van der Waals surface area contributed by atoms with Crippen molar-refractivity contribution in [1.29, 1.82) is 0 Å². The molecule has 0 aromatic heterocycles. The van der Waals surface area contributed by atoms with Crippen LogP contribution in [-0.2, 0) is 38.8 Å². The van der Waals surface area contributed by atoms with E-state index in [1.807, 2.05) is 121 Å². The highest BCUT2D eigenvalue weighted by Gasteiger charge is 2.48. The van der Waals surface area contributed by atoms with Crippen molar-refractivity contribution < 1.29 is 28.8 Å². The monoisotopic (exact) mass is 526 g/mol. The Labute approximate surface area is 229 Å². The summed E-state index contributed by atoms with van der Waals surface area (Å²) in [6.45, 7) is 1.09. The average molecular weight is 527 g/mol. The molecule has 5 atom stereocenters. The van der Waals surface area contributed by atoms with E-state index in [0.717, 1.165) is 16.7 Å². The molecule has 0 bridgehead atoms. The zero-order valence-electron chi connectivity index (χ0n) is 21.8. The topological polar surface area (TPSA) is 66.4 Å². The summed E-state index contributed by atoms with van der Waals surface area (Å²) in [4.78, 5) is 0. The van der Waals surface area contributed by atoms with Crippen LogP contribution in [0.5, 0.6) is 5.75 Å². The molecular weight excluding hydrogens is 492 g/mol. The minimum Gasteiger partial charge on any atom is -0.491 e. The third-order valence-electron chi connectivity index (χ3n) is 6.60. The quantitative estimate of drug-likeness (QED) is 0.262. The van der Waals surface area contributed by atoms with E-state index in [0.29, 0.717) is 25.6 Å². The highest BCUT2D eigenvalue weighted by atomic mass is 16.7. The number of hydrogen-bond acceptors (Lipinski definition) is 6. The fourth-order valence-electron chi connectivity index (χ4n) is 4.51. The van der Waals surface area contributed by atoms with Crippen molar-refractivity contribution in [2.45, 2.75) is 50.5 Å². The molecule has 1 aliphatic rings. The Bertz CT molecular complexity index is 1220. The highest BCUT2D eigenvalue weighted by Crippen LogP contribution is 2.30. The van der Waals surface area contributed by atoms with Crippen LogP contribution in [0.15, 0.2) is 121 Å². The molecule has 0 unspecified atom stereocenters. The van der Waals surface area contributed by atoms with E-state index in [1.54, 1.807) is 0 Å². The Hall–Kier alpha value is -3.52. The van der Waals surface area contributed by atoms with Crippen molar-refractivity contribution in [3.8, 4) is 5.75 Å². The summed E-state index contributed by atoms with van der Waals surface area (Å²) in [7, 11) is 0. The van der Waals surface area contributed by atoms with Gasteiger partial charge in [-0.25, -0.2) is 0 Å². The lowest BCUT2D eigenvalue weighted by Crippen LogP contribution is -2.61. The number of ether oxygens (including phenoxy) is 5. The number of hydrogen-bond donors (Lipinski definition) is 1. The van der Waals surface area contributed by atoms with Crippen molar-refractivity contribution in [3.63, 3.8) is 0 Å². The minimum absolute atomic E-state index is 0.132. The molecule has 0 radical (unpaired) electrons. The van der Waals surface area contributed by atoms with Gasteiger partial charge in [0.15, 0.2) is 6.29 Å². The Kier molecular flexibility index (Phi) is 9.74. The highest BCUT2D eigenvalue weighted by molar-refractivity contribution is 5.21. The molecule has 4 aromatic rings.